The number of carbonyl (C=O) groups is 2. The summed E-state index contributed by atoms with van der Waals surface area (Å²) < 4.78 is 6.18. The molecule has 1 heterocycles. The minimum absolute atomic E-state index is 0.0740. The maximum atomic E-state index is 12.4. The number of benzene rings is 2. The zero-order chi connectivity index (χ0) is 17.1. The van der Waals surface area contributed by atoms with E-state index < -0.39 is 5.91 Å². The van der Waals surface area contributed by atoms with Crippen molar-refractivity contribution in [2.75, 3.05) is 18.1 Å². The van der Waals surface area contributed by atoms with Crippen LogP contribution in [-0.2, 0) is 11.2 Å². The SMILES string of the molecule is NNC(=O)c1ccc(OCC(=O)N2CCc3ccccc32)c(Br)c1. The molecular formula is C17H16BrN3O3. The van der Waals surface area contributed by atoms with Gasteiger partial charge in [0.1, 0.15) is 5.75 Å². The standard InChI is InChI=1S/C17H16BrN3O3/c18-13-9-12(17(23)20-19)5-6-15(13)24-10-16(22)21-8-7-11-3-1-2-4-14(11)21/h1-6,9H,7-8,10,19H2,(H,20,23). The van der Waals surface area contributed by atoms with E-state index in [0.717, 1.165) is 12.1 Å². The van der Waals surface area contributed by atoms with Gasteiger partial charge in [0.05, 0.1) is 4.47 Å². The number of hydrazine groups is 1. The highest BCUT2D eigenvalue weighted by Crippen LogP contribution is 2.29. The van der Waals surface area contributed by atoms with Crippen molar-refractivity contribution < 1.29 is 14.3 Å². The predicted molar refractivity (Wildman–Crippen MR) is 93.8 cm³/mol. The maximum absolute atomic E-state index is 12.4. The highest BCUT2D eigenvalue weighted by Gasteiger charge is 2.24. The molecule has 0 aliphatic carbocycles. The van der Waals surface area contributed by atoms with Crippen LogP contribution in [0.3, 0.4) is 0 Å². The van der Waals surface area contributed by atoms with Crippen molar-refractivity contribution in [1.82, 2.24) is 5.43 Å². The minimum Gasteiger partial charge on any atom is -0.483 e. The number of hydrogen-bond acceptors (Lipinski definition) is 4. The summed E-state index contributed by atoms with van der Waals surface area (Å²) in [6, 6.07) is 12.7. The number of nitrogens with zero attached hydrogens (tertiary/aromatic N) is 1. The van der Waals surface area contributed by atoms with Crippen LogP contribution >= 0.6 is 15.9 Å². The first-order valence-electron chi connectivity index (χ1n) is 7.41. The van der Waals surface area contributed by atoms with Crippen LogP contribution in [0, 0.1) is 0 Å². The van der Waals surface area contributed by atoms with Crippen LogP contribution in [0.1, 0.15) is 15.9 Å². The number of ether oxygens (including phenoxy) is 1. The molecule has 124 valence electrons. The molecule has 2 aromatic rings. The van der Waals surface area contributed by atoms with Crippen molar-refractivity contribution in [2.24, 2.45) is 5.84 Å². The number of nitrogens with two attached hydrogens (primary N) is 1. The molecule has 0 atom stereocenters. The molecule has 1 aliphatic rings. The molecule has 1 aliphatic heterocycles. The molecule has 0 fully saturated rings. The number of hydrogen-bond donors (Lipinski definition) is 2. The molecule has 3 rings (SSSR count). The van der Waals surface area contributed by atoms with Gasteiger partial charge in [0, 0.05) is 17.8 Å². The van der Waals surface area contributed by atoms with E-state index in [1.54, 1.807) is 23.1 Å². The monoisotopic (exact) mass is 389 g/mol. The second kappa shape index (κ2) is 7.02. The summed E-state index contributed by atoms with van der Waals surface area (Å²) in [4.78, 5) is 25.6. The van der Waals surface area contributed by atoms with Gasteiger partial charge in [-0.15, -0.1) is 0 Å². The minimum atomic E-state index is -0.396. The van der Waals surface area contributed by atoms with Gasteiger partial charge in [-0.2, -0.15) is 0 Å². The van der Waals surface area contributed by atoms with Crippen molar-refractivity contribution in [2.45, 2.75) is 6.42 Å². The lowest BCUT2D eigenvalue weighted by Crippen LogP contribution is -2.33. The van der Waals surface area contributed by atoms with Gasteiger partial charge in [-0.25, -0.2) is 5.84 Å². The van der Waals surface area contributed by atoms with Gasteiger partial charge in [0.25, 0.3) is 11.8 Å². The maximum Gasteiger partial charge on any atom is 0.265 e. The average molecular weight is 390 g/mol. The zero-order valence-electron chi connectivity index (χ0n) is 12.8. The Kier molecular flexibility index (Phi) is 4.82. The van der Waals surface area contributed by atoms with Gasteiger partial charge in [-0.05, 0) is 52.2 Å². The third-order valence-electron chi connectivity index (χ3n) is 3.86. The number of para-hydroxylation sites is 1. The van der Waals surface area contributed by atoms with E-state index in [0.29, 0.717) is 22.3 Å². The van der Waals surface area contributed by atoms with E-state index in [1.165, 1.54) is 5.56 Å². The fourth-order valence-electron chi connectivity index (χ4n) is 2.66. The van der Waals surface area contributed by atoms with Crippen LogP contribution in [-0.4, -0.2) is 25.0 Å². The fraction of sp³-hybridized carbons (Fsp3) is 0.176. The highest BCUT2D eigenvalue weighted by molar-refractivity contribution is 9.10. The molecule has 0 unspecified atom stereocenters. The second-order valence-corrected chi connectivity index (χ2v) is 6.19. The number of fused-ring (bicyclic) bond motifs is 1. The molecule has 0 saturated carbocycles. The number of amides is 2. The summed E-state index contributed by atoms with van der Waals surface area (Å²) in [5, 5.41) is 0. The molecule has 0 saturated heterocycles. The van der Waals surface area contributed by atoms with Gasteiger partial charge in [-0.3, -0.25) is 15.0 Å². The molecule has 3 N–H and O–H groups in total. The van der Waals surface area contributed by atoms with Crippen LogP contribution in [0.15, 0.2) is 46.9 Å². The lowest BCUT2D eigenvalue weighted by molar-refractivity contribution is -0.120. The number of nitrogen functional groups attached to an aromatic ring is 1. The smallest absolute Gasteiger partial charge is 0.265 e. The Morgan fingerprint density at radius 3 is 2.79 bits per heavy atom. The van der Waals surface area contributed by atoms with Gasteiger partial charge in [-0.1, -0.05) is 18.2 Å². The molecule has 0 spiro atoms. The van der Waals surface area contributed by atoms with Gasteiger partial charge < -0.3 is 9.64 Å². The molecule has 0 bridgehead atoms. The molecule has 2 aromatic carbocycles. The van der Waals surface area contributed by atoms with E-state index in [1.807, 2.05) is 24.3 Å². The van der Waals surface area contributed by atoms with E-state index in [-0.39, 0.29) is 12.5 Å². The molecule has 0 aromatic heterocycles. The van der Waals surface area contributed by atoms with E-state index in [2.05, 4.69) is 21.4 Å². The second-order valence-electron chi connectivity index (χ2n) is 5.33. The normalized spacial score (nSPS) is 12.7. The molecular weight excluding hydrogens is 374 g/mol. The molecule has 7 heteroatoms. The van der Waals surface area contributed by atoms with Crippen LogP contribution in [0.4, 0.5) is 5.69 Å². The number of halogens is 1. The predicted octanol–water partition coefficient (Wildman–Crippen LogP) is 2.02. The van der Waals surface area contributed by atoms with E-state index >= 15 is 0 Å². The van der Waals surface area contributed by atoms with Crippen molar-refractivity contribution >= 4 is 33.4 Å². The fourth-order valence-corrected chi connectivity index (χ4v) is 3.15. The Morgan fingerprint density at radius 1 is 1.25 bits per heavy atom. The summed E-state index contributed by atoms with van der Waals surface area (Å²) in [5.74, 6) is 5.10. The molecule has 0 radical (unpaired) electrons. The molecule has 24 heavy (non-hydrogen) atoms. The summed E-state index contributed by atoms with van der Waals surface area (Å²) in [6.45, 7) is 0.591. The number of carbonyl (C=O) groups excluding carboxylic acids is 2. The Labute approximate surface area is 147 Å². The summed E-state index contributed by atoms with van der Waals surface area (Å²) in [6.07, 6.45) is 0.856. The lowest BCUT2D eigenvalue weighted by Gasteiger charge is -2.18. The van der Waals surface area contributed by atoms with Crippen molar-refractivity contribution in [1.29, 1.82) is 0 Å². The topological polar surface area (TPSA) is 84.7 Å². The highest BCUT2D eigenvalue weighted by atomic mass is 79.9. The van der Waals surface area contributed by atoms with Crippen LogP contribution in [0.2, 0.25) is 0 Å². The summed E-state index contributed by atoms with van der Waals surface area (Å²) in [5.41, 5.74) is 4.58. The molecule has 6 nitrogen and oxygen atoms in total. The van der Waals surface area contributed by atoms with Gasteiger partial charge >= 0.3 is 0 Å². The third-order valence-corrected chi connectivity index (χ3v) is 4.48. The van der Waals surface area contributed by atoms with E-state index in [4.69, 9.17) is 10.6 Å². The number of rotatable bonds is 4. The quantitative estimate of drug-likeness (QED) is 0.475. The van der Waals surface area contributed by atoms with Crippen LogP contribution in [0.25, 0.3) is 0 Å². The first-order valence-corrected chi connectivity index (χ1v) is 8.21. The Morgan fingerprint density at radius 2 is 2.04 bits per heavy atom. The van der Waals surface area contributed by atoms with Gasteiger partial charge in [0.15, 0.2) is 6.61 Å². The lowest BCUT2D eigenvalue weighted by atomic mass is 10.2. The summed E-state index contributed by atoms with van der Waals surface area (Å²) in [7, 11) is 0. The molecule has 2 amide bonds. The number of anilines is 1. The van der Waals surface area contributed by atoms with Crippen LogP contribution < -0.4 is 20.9 Å². The van der Waals surface area contributed by atoms with Gasteiger partial charge in [0.2, 0.25) is 0 Å². The largest absolute Gasteiger partial charge is 0.483 e. The summed E-state index contributed by atoms with van der Waals surface area (Å²) >= 11 is 3.33. The van der Waals surface area contributed by atoms with E-state index in [9.17, 15) is 9.59 Å². The average Bonchev–Trinajstić information content (AvgIpc) is 3.03. The number of nitrogens with one attached hydrogen (secondary N) is 1. The Hall–Kier alpha value is -2.38. The van der Waals surface area contributed by atoms with Crippen molar-refractivity contribution in [3.63, 3.8) is 0 Å². The van der Waals surface area contributed by atoms with Crippen molar-refractivity contribution in [3.8, 4) is 5.75 Å². The Balaban J connectivity index is 1.66. The third kappa shape index (κ3) is 3.27. The first kappa shape index (κ1) is 16.5. The zero-order valence-corrected chi connectivity index (χ0v) is 14.4. The first-order chi connectivity index (χ1) is 11.6. The van der Waals surface area contributed by atoms with Crippen LogP contribution in [0.5, 0.6) is 5.75 Å². The van der Waals surface area contributed by atoms with Crippen molar-refractivity contribution in [3.05, 3.63) is 58.1 Å². The Bertz CT molecular complexity index is 794.